The van der Waals surface area contributed by atoms with Crippen LogP contribution in [0.25, 0.3) is 0 Å². The summed E-state index contributed by atoms with van der Waals surface area (Å²) in [4.78, 5) is 11.3. The molecular formula is C10H10ClFO3. The first-order chi connectivity index (χ1) is 7.15. The summed E-state index contributed by atoms with van der Waals surface area (Å²) >= 11 is 5.62. The fourth-order valence-electron chi connectivity index (χ4n) is 0.949. The highest BCUT2D eigenvalue weighted by molar-refractivity contribution is 6.30. The van der Waals surface area contributed by atoms with Crippen LogP contribution in [0.15, 0.2) is 18.2 Å². The van der Waals surface area contributed by atoms with Gasteiger partial charge in [-0.1, -0.05) is 11.6 Å². The van der Waals surface area contributed by atoms with E-state index in [9.17, 15) is 9.18 Å². The van der Waals surface area contributed by atoms with Crippen molar-refractivity contribution < 1.29 is 18.7 Å². The molecule has 0 unspecified atom stereocenters. The van der Waals surface area contributed by atoms with Crippen molar-refractivity contribution in [3.63, 3.8) is 0 Å². The third kappa shape index (κ3) is 3.49. The Morgan fingerprint density at radius 2 is 2.20 bits per heavy atom. The SMILES string of the molecule is COCCOC(=O)c1cc(Cl)ccc1F. The molecule has 0 N–H and O–H groups in total. The van der Waals surface area contributed by atoms with Gasteiger partial charge >= 0.3 is 5.97 Å². The van der Waals surface area contributed by atoms with Crippen LogP contribution in [0.1, 0.15) is 10.4 Å². The van der Waals surface area contributed by atoms with E-state index in [0.717, 1.165) is 6.07 Å². The molecule has 0 heterocycles. The summed E-state index contributed by atoms with van der Waals surface area (Å²) in [6, 6.07) is 3.71. The van der Waals surface area contributed by atoms with Crippen LogP contribution in [0.2, 0.25) is 5.02 Å². The molecule has 1 aromatic carbocycles. The summed E-state index contributed by atoms with van der Waals surface area (Å²) in [5.74, 6) is -1.39. The molecule has 0 radical (unpaired) electrons. The molecule has 3 nitrogen and oxygen atoms in total. The predicted molar refractivity (Wildman–Crippen MR) is 53.6 cm³/mol. The van der Waals surface area contributed by atoms with Crippen molar-refractivity contribution in [2.45, 2.75) is 0 Å². The second-order valence-electron chi connectivity index (χ2n) is 2.75. The van der Waals surface area contributed by atoms with E-state index in [1.807, 2.05) is 0 Å². The number of halogens is 2. The second-order valence-corrected chi connectivity index (χ2v) is 3.19. The normalized spacial score (nSPS) is 10.1. The highest BCUT2D eigenvalue weighted by Crippen LogP contribution is 2.15. The van der Waals surface area contributed by atoms with Crippen molar-refractivity contribution in [1.29, 1.82) is 0 Å². The lowest BCUT2D eigenvalue weighted by atomic mass is 10.2. The van der Waals surface area contributed by atoms with Crippen LogP contribution < -0.4 is 0 Å². The zero-order valence-electron chi connectivity index (χ0n) is 8.13. The van der Waals surface area contributed by atoms with Gasteiger partial charge in [0.05, 0.1) is 12.2 Å². The van der Waals surface area contributed by atoms with Crippen molar-refractivity contribution >= 4 is 17.6 Å². The van der Waals surface area contributed by atoms with E-state index in [1.165, 1.54) is 19.2 Å². The van der Waals surface area contributed by atoms with Crippen LogP contribution in [0.3, 0.4) is 0 Å². The van der Waals surface area contributed by atoms with E-state index in [0.29, 0.717) is 0 Å². The Balaban J connectivity index is 2.68. The number of carbonyl (C=O) groups is 1. The molecule has 0 saturated carbocycles. The van der Waals surface area contributed by atoms with Crippen LogP contribution >= 0.6 is 11.6 Å². The van der Waals surface area contributed by atoms with Gasteiger partial charge in [-0.2, -0.15) is 0 Å². The van der Waals surface area contributed by atoms with Gasteiger partial charge in [0.1, 0.15) is 12.4 Å². The predicted octanol–water partition coefficient (Wildman–Crippen LogP) is 2.28. The summed E-state index contributed by atoms with van der Waals surface area (Å²) in [7, 11) is 1.48. The van der Waals surface area contributed by atoms with Crippen molar-refractivity contribution in [3.8, 4) is 0 Å². The van der Waals surface area contributed by atoms with Crippen LogP contribution in [-0.2, 0) is 9.47 Å². The maximum Gasteiger partial charge on any atom is 0.341 e. The van der Waals surface area contributed by atoms with Crippen molar-refractivity contribution in [2.75, 3.05) is 20.3 Å². The highest BCUT2D eigenvalue weighted by atomic mass is 35.5. The molecule has 15 heavy (non-hydrogen) atoms. The monoisotopic (exact) mass is 232 g/mol. The molecule has 0 aliphatic heterocycles. The molecule has 0 bridgehead atoms. The average Bonchev–Trinajstić information content (AvgIpc) is 2.22. The minimum atomic E-state index is -0.743. The Hall–Kier alpha value is -1.13. The summed E-state index contributed by atoms with van der Waals surface area (Å²) < 4.78 is 22.6. The van der Waals surface area contributed by atoms with Gasteiger partial charge in [-0.3, -0.25) is 0 Å². The topological polar surface area (TPSA) is 35.5 Å². The van der Waals surface area contributed by atoms with E-state index in [2.05, 4.69) is 4.74 Å². The number of carbonyl (C=O) groups excluding carboxylic acids is 1. The number of methoxy groups -OCH3 is 1. The van der Waals surface area contributed by atoms with Gasteiger partial charge < -0.3 is 9.47 Å². The number of esters is 1. The maximum absolute atomic E-state index is 13.1. The Labute approximate surface area is 91.7 Å². The largest absolute Gasteiger partial charge is 0.460 e. The molecule has 0 aliphatic carbocycles. The van der Waals surface area contributed by atoms with Gasteiger partial charge in [-0.25, -0.2) is 9.18 Å². The number of hydrogen-bond donors (Lipinski definition) is 0. The average molecular weight is 233 g/mol. The summed E-state index contributed by atoms with van der Waals surface area (Å²) in [5, 5.41) is 0.287. The van der Waals surface area contributed by atoms with Gasteiger partial charge in [-0.15, -0.1) is 0 Å². The lowest BCUT2D eigenvalue weighted by Gasteiger charge is -2.05. The molecule has 0 aromatic heterocycles. The molecule has 0 fully saturated rings. The lowest BCUT2D eigenvalue weighted by Crippen LogP contribution is -2.11. The Kier molecular flexibility index (Phi) is 4.52. The molecule has 82 valence electrons. The van der Waals surface area contributed by atoms with Crippen LogP contribution in [-0.4, -0.2) is 26.3 Å². The van der Waals surface area contributed by atoms with E-state index in [4.69, 9.17) is 16.3 Å². The molecule has 0 saturated heterocycles. The summed E-state index contributed by atoms with van der Waals surface area (Å²) in [6.07, 6.45) is 0. The molecular weight excluding hydrogens is 223 g/mol. The van der Waals surface area contributed by atoms with Gasteiger partial charge in [0.15, 0.2) is 0 Å². The Morgan fingerprint density at radius 1 is 1.47 bits per heavy atom. The summed E-state index contributed by atoms with van der Waals surface area (Å²) in [6.45, 7) is 0.356. The zero-order valence-corrected chi connectivity index (χ0v) is 8.88. The van der Waals surface area contributed by atoms with Crippen molar-refractivity contribution in [1.82, 2.24) is 0 Å². The zero-order chi connectivity index (χ0) is 11.3. The molecule has 0 aliphatic rings. The fraction of sp³-hybridized carbons (Fsp3) is 0.300. The quantitative estimate of drug-likeness (QED) is 0.590. The first-order valence-corrected chi connectivity index (χ1v) is 4.64. The van der Waals surface area contributed by atoms with Gasteiger partial charge in [0, 0.05) is 12.1 Å². The van der Waals surface area contributed by atoms with Crippen LogP contribution in [0.5, 0.6) is 0 Å². The standard InChI is InChI=1S/C10H10ClFO3/c1-14-4-5-15-10(13)8-6-7(11)2-3-9(8)12/h2-3,6H,4-5H2,1H3. The van der Waals surface area contributed by atoms with Gasteiger partial charge in [0.2, 0.25) is 0 Å². The second kappa shape index (κ2) is 5.68. The van der Waals surface area contributed by atoms with E-state index < -0.39 is 11.8 Å². The number of benzene rings is 1. The van der Waals surface area contributed by atoms with Gasteiger partial charge in [-0.05, 0) is 18.2 Å². The fourth-order valence-corrected chi connectivity index (χ4v) is 1.12. The Bertz CT molecular complexity index is 355. The van der Waals surface area contributed by atoms with Crippen molar-refractivity contribution in [2.24, 2.45) is 0 Å². The molecule has 5 heteroatoms. The lowest BCUT2D eigenvalue weighted by molar-refractivity contribution is 0.0383. The van der Waals surface area contributed by atoms with E-state index in [1.54, 1.807) is 0 Å². The molecule has 0 amide bonds. The molecule has 1 rings (SSSR count). The third-order valence-electron chi connectivity index (χ3n) is 1.67. The van der Waals surface area contributed by atoms with Crippen molar-refractivity contribution in [3.05, 3.63) is 34.6 Å². The maximum atomic E-state index is 13.1. The Morgan fingerprint density at radius 3 is 2.87 bits per heavy atom. The van der Waals surface area contributed by atoms with Gasteiger partial charge in [0.25, 0.3) is 0 Å². The summed E-state index contributed by atoms with van der Waals surface area (Å²) in [5.41, 5.74) is -0.168. The van der Waals surface area contributed by atoms with E-state index in [-0.39, 0.29) is 23.8 Å². The number of rotatable bonds is 4. The van der Waals surface area contributed by atoms with Crippen LogP contribution in [0.4, 0.5) is 4.39 Å². The van der Waals surface area contributed by atoms with Crippen LogP contribution in [0, 0.1) is 5.82 Å². The highest BCUT2D eigenvalue weighted by Gasteiger charge is 2.13. The molecule has 0 spiro atoms. The third-order valence-corrected chi connectivity index (χ3v) is 1.90. The molecule has 1 aromatic rings. The number of hydrogen-bond acceptors (Lipinski definition) is 3. The van der Waals surface area contributed by atoms with E-state index >= 15 is 0 Å². The first kappa shape index (κ1) is 11.9. The molecule has 0 atom stereocenters. The smallest absolute Gasteiger partial charge is 0.341 e. The first-order valence-electron chi connectivity index (χ1n) is 4.26. The number of ether oxygens (including phenoxy) is 2. The minimum Gasteiger partial charge on any atom is -0.460 e. The minimum absolute atomic E-state index is 0.0846.